The molecule has 5 heteroatoms. The Morgan fingerprint density at radius 3 is 2.27 bits per heavy atom. The van der Waals surface area contributed by atoms with Gasteiger partial charge in [-0.2, -0.15) is 0 Å². The van der Waals surface area contributed by atoms with Crippen molar-refractivity contribution in [3.63, 3.8) is 0 Å². The van der Waals surface area contributed by atoms with Gasteiger partial charge < -0.3 is 15.2 Å². The van der Waals surface area contributed by atoms with Gasteiger partial charge in [0.15, 0.2) is 0 Å². The van der Waals surface area contributed by atoms with Gasteiger partial charge in [0.05, 0.1) is 18.4 Å². The first kappa shape index (κ1) is 15.6. The molecule has 0 unspecified atom stereocenters. The van der Waals surface area contributed by atoms with Crippen LogP contribution in [0.3, 0.4) is 0 Å². The van der Waals surface area contributed by atoms with Crippen molar-refractivity contribution >= 4 is 17.6 Å². The SMILES string of the molecule is COC(=O)c1ccc(NC(=O)c2ccc(C)c(C)c2)c(O)c1. The van der Waals surface area contributed by atoms with Crippen LogP contribution < -0.4 is 5.32 Å². The maximum Gasteiger partial charge on any atom is 0.337 e. The Morgan fingerprint density at radius 2 is 1.68 bits per heavy atom. The number of rotatable bonds is 3. The lowest BCUT2D eigenvalue weighted by atomic mass is 10.1. The van der Waals surface area contributed by atoms with Crippen molar-refractivity contribution in [3.8, 4) is 5.75 Å². The van der Waals surface area contributed by atoms with Crippen LogP contribution in [-0.4, -0.2) is 24.1 Å². The number of carbonyl (C=O) groups is 2. The molecule has 0 bridgehead atoms. The third kappa shape index (κ3) is 3.25. The van der Waals surface area contributed by atoms with E-state index in [1.807, 2.05) is 19.9 Å². The van der Waals surface area contributed by atoms with E-state index in [1.54, 1.807) is 12.1 Å². The van der Waals surface area contributed by atoms with Crippen LogP contribution in [0.15, 0.2) is 36.4 Å². The van der Waals surface area contributed by atoms with Crippen LogP contribution in [0.1, 0.15) is 31.8 Å². The Kier molecular flexibility index (Phi) is 4.46. The van der Waals surface area contributed by atoms with Crippen molar-refractivity contribution in [2.24, 2.45) is 0 Å². The van der Waals surface area contributed by atoms with Gasteiger partial charge in [-0.3, -0.25) is 4.79 Å². The fraction of sp³-hybridized carbons (Fsp3) is 0.176. The summed E-state index contributed by atoms with van der Waals surface area (Å²) >= 11 is 0. The van der Waals surface area contributed by atoms with Crippen molar-refractivity contribution in [2.75, 3.05) is 12.4 Å². The Labute approximate surface area is 128 Å². The fourth-order valence-corrected chi connectivity index (χ4v) is 1.96. The fourth-order valence-electron chi connectivity index (χ4n) is 1.96. The normalized spacial score (nSPS) is 10.1. The number of methoxy groups -OCH3 is 1. The summed E-state index contributed by atoms with van der Waals surface area (Å²) in [6.07, 6.45) is 0. The van der Waals surface area contributed by atoms with Gasteiger partial charge in [0.2, 0.25) is 0 Å². The Balaban J connectivity index is 2.21. The first-order chi connectivity index (χ1) is 10.4. The standard InChI is InChI=1S/C17H17NO4/c1-10-4-5-12(8-11(10)2)16(20)18-14-7-6-13(9-15(14)19)17(21)22-3/h4-9,19H,1-3H3,(H,18,20). The number of aryl methyl sites for hydroxylation is 2. The van der Waals surface area contributed by atoms with Crippen LogP contribution in [0.2, 0.25) is 0 Å². The van der Waals surface area contributed by atoms with Crippen molar-refractivity contribution in [2.45, 2.75) is 13.8 Å². The largest absolute Gasteiger partial charge is 0.506 e. The summed E-state index contributed by atoms with van der Waals surface area (Å²) in [6, 6.07) is 9.55. The predicted molar refractivity (Wildman–Crippen MR) is 83.3 cm³/mol. The van der Waals surface area contributed by atoms with Crippen molar-refractivity contribution in [1.82, 2.24) is 0 Å². The molecule has 114 valence electrons. The number of hydrogen-bond donors (Lipinski definition) is 2. The molecule has 0 spiro atoms. The van der Waals surface area contributed by atoms with Crippen LogP contribution in [0.25, 0.3) is 0 Å². The predicted octanol–water partition coefficient (Wildman–Crippen LogP) is 3.05. The number of phenolic OH excluding ortho intramolecular Hbond substituents is 1. The van der Waals surface area contributed by atoms with Gasteiger partial charge in [0.1, 0.15) is 5.75 Å². The van der Waals surface area contributed by atoms with Gasteiger partial charge in [-0.05, 0) is 55.3 Å². The lowest BCUT2D eigenvalue weighted by Crippen LogP contribution is -2.12. The molecule has 2 N–H and O–H groups in total. The number of hydrogen-bond acceptors (Lipinski definition) is 4. The van der Waals surface area contributed by atoms with Crippen LogP contribution in [0.4, 0.5) is 5.69 Å². The molecule has 0 aliphatic rings. The highest BCUT2D eigenvalue weighted by Gasteiger charge is 2.12. The number of phenols is 1. The molecule has 0 heterocycles. The van der Waals surface area contributed by atoms with E-state index in [0.717, 1.165) is 11.1 Å². The summed E-state index contributed by atoms with van der Waals surface area (Å²) in [5, 5.41) is 12.5. The van der Waals surface area contributed by atoms with Crippen molar-refractivity contribution in [3.05, 3.63) is 58.7 Å². The quantitative estimate of drug-likeness (QED) is 0.674. The van der Waals surface area contributed by atoms with Gasteiger partial charge in [-0.1, -0.05) is 6.07 Å². The highest BCUT2D eigenvalue weighted by atomic mass is 16.5. The summed E-state index contributed by atoms with van der Waals surface area (Å²) in [7, 11) is 1.26. The molecular weight excluding hydrogens is 282 g/mol. The number of benzene rings is 2. The second-order valence-corrected chi connectivity index (χ2v) is 4.98. The smallest absolute Gasteiger partial charge is 0.337 e. The third-order valence-electron chi connectivity index (χ3n) is 3.44. The molecule has 2 rings (SSSR count). The topological polar surface area (TPSA) is 75.6 Å². The number of nitrogens with one attached hydrogen (secondary N) is 1. The van der Waals surface area contributed by atoms with Gasteiger partial charge in [0, 0.05) is 5.56 Å². The first-order valence-corrected chi connectivity index (χ1v) is 6.72. The average molecular weight is 299 g/mol. The van der Waals surface area contributed by atoms with Crippen LogP contribution in [0.5, 0.6) is 5.75 Å². The summed E-state index contributed by atoms with van der Waals surface area (Å²) in [4.78, 5) is 23.6. The zero-order valence-electron chi connectivity index (χ0n) is 12.6. The molecule has 0 saturated carbocycles. The summed E-state index contributed by atoms with van der Waals surface area (Å²) in [5.41, 5.74) is 3.05. The molecule has 0 aliphatic heterocycles. The maximum atomic E-state index is 12.2. The molecule has 0 aromatic heterocycles. The minimum absolute atomic E-state index is 0.194. The third-order valence-corrected chi connectivity index (χ3v) is 3.44. The number of ether oxygens (including phenoxy) is 1. The minimum atomic E-state index is -0.553. The maximum absolute atomic E-state index is 12.2. The van der Waals surface area contributed by atoms with Gasteiger partial charge in [-0.25, -0.2) is 4.79 Å². The molecule has 5 nitrogen and oxygen atoms in total. The molecule has 1 amide bonds. The molecule has 2 aromatic rings. The zero-order valence-corrected chi connectivity index (χ0v) is 12.6. The monoisotopic (exact) mass is 299 g/mol. The van der Waals surface area contributed by atoms with E-state index >= 15 is 0 Å². The second kappa shape index (κ2) is 6.30. The van der Waals surface area contributed by atoms with E-state index in [4.69, 9.17) is 0 Å². The number of aromatic hydroxyl groups is 1. The van der Waals surface area contributed by atoms with E-state index in [2.05, 4.69) is 10.1 Å². The summed E-state index contributed by atoms with van der Waals surface area (Å²) in [5.74, 6) is -1.08. The molecular formula is C17H17NO4. The van der Waals surface area contributed by atoms with E-state index < -0.39 is 5.97 Å². The summed E-state index contributed by atoms with van der Waals surface area (Å²) < 4.78 is 4.57. The molecule has 0 aliphatic carbocycles. The Hall–Kier alpha value is -2.82. The molecule has 2 aromatic carbocycles. The number of esters is 1. The molecule has 0 radical (unpaired) electrons. The van der Waals surface area contributed by atoms with E-state index in [-0.39, 0.29) is 22.9 Å². The molecule has 0 atom stereocenters. The van der Waals surface area contributed by atoms with Gasteiger partial charge in [-0.15, -0.1) is 0 Å². The van der Waals surface area contributed by atoms with Gasteiger partial charge >= 0.3 is 5.97 Å². The Morgan fingerprint density at radius 1 is 1.00 bits per heavy atom. The van der Waals surface area contributed by atoms with Gasteiger partial charge in [0.25, 0.3) is 5.91 Å². The molecule has 22 heavy (non-hydrogen) atoms. The van der Waals surface area contributed by atoms with Crippen molar-refractivity contribution in [1.29, 1.82) is 0 Å². The number of anilines is 1. The number of amides is 1. The second-order valence-electron chi connectivity index (χ2n) is 4.98. The van der Waals surface area contributed by atoms with Crippen LogP contribution in [0, 0.1) is 13.8 Å². The zero-order chi connectivity index (χ0) is 16.3. The first-order valence-electron chi connectivity index (χ1n) is 6.72. The van der Waals surface area contributed by atoms with Crippen molar-refractivity contribution < 1.29 is 19.4 Å². The lowest BCUT2D eigenvalue weighted by Gasteiger charge is -2.09. The van der Waals surface area contributed by atoms with E-state index in [1.165, 1.54) is 25.3 Å². The minimum Gasteiger partial charge on any atom is -0.506 e. The highest BCUT2D eigenvalue weighted by molar-refractivity contribution is 6.05. The van der Waals surface area contributed by atoms with E-state index in [0.29, 0.717) is 5.56 Å². The Bertz CT molecular complexity index is 737. The number of carbonyl (C=O) groups excluding carboxylic acids is 2. The van der Waals surface area contributed by atoms with Crippen LogP contribution >= 0.6 is 0 Å². The van der Waals surface area contributed by atoms with Crippen LogP contribution in [-0.2, 0) is 4.74 Å². The summed E-state index contributed by atoms with van der Waals surface area (Å²) in [6.45, 7) is 3.89. The molecule has 0 fully saturated rings. The molecule has 0 saturated heterocycles. The highest BCUT2D eigenvalue weighted by Crippen LogP contribution is 2.25. The average Bonchev–Trinajstić information content (AvgIpc) is 2.51. The lowest BCUT2D eigenvalue weighted by molar-refractivity contribution is 0.0600. The van der Waals surface area contributed by atoms with E-state index in [9.17, 15) is 14.7 Å².